The highest BCUT2D eigenvalue weighted by molar-refractivity contribution is 5.74. The van der Waals surface area contributed by atoms with Crippen LogP contribution in [0.25, 0.3) is 0 Å². The third-order valence-electron chi connectivity index (χ3n) is 19.5. The fourth-order valence-corrected chi connectivity index (χ4v) is 13.6. The van der Waals surface area contributed by atoms with Gasteiger partial charge in [-0.2, -0.15) is 0 Å². The van der Waals surface area contributed by atoms with Gasteiger partial charge in [0.2, 0.25) is 11.8 Å². The zero-order valence-corrected chi connectivity index (χ0v) is 56.4. The van der Waals surface area contributed by atoms with Crippen LogP contribution in [0, 0.1) is 0 Å². The Morgan fingerprint density at radius 3 is 1.02 bits per heavy atom. The van der Waals surface area contributed by atoms with Crippen LogP contribution < -0.4 is 10.6 Å². The van der Waals surface area contributed by atoms with Crippen LogP contribution in [0.5, 0.6) is 0 Å². The first-order chi connectivity index (χ1) is 50.5. The van der Waals surface area contributed by atoms with E-state index in [-0.39, 0.29) is 0 Å². The predicted molar refractivity (Wildman–Crippen MR) is 320 cm³/mol. The summed E-state index contributed by atoms with van der Waals surface area (Å²) in [6.07, 6.45) is -96.1. The highest BCUT2D eigenvalue weighted by Crippen LogP contribution is 2.42. The first-order valence-electron chi connectivity index (χ1n) is 33.5. The summed E-state index contributed by atoms with van der Waals surface area (Å²) < 4.78 is 99.5. The average Bonchev–Trinajstić information content (AvgIpc) is 0.760. The summed E-state index contributed by atoms with van der Waals surface area (Å²) in [4.78, 5) is 49.8. The molecule has 9 aliphatic rings. The van der Waals surface area contributed by atoms with Gasteiger partial charge in [-0.3, -0.25) is 9.59 Å². The zero-order chi connectivity index (χ0) is 79.0. The van der Waals surface area contributed by atoms with Gasteiger partial charge in [0.15, 0.2) is 68.8 Å². The number of carbonyl (C=O) groups excluding carboxylic acids is 2. The first-order valence-corrected chi connectivity index (χ1v) is 33.5. The molecule has 45 atom stereocenters. The van der Waals surface area contributed by atoms with Crippen molar-refractivity contribution in [2.75, 3.05) is 39.6 Å². The maximum atomic E-state index is 13.1. The minimum absolute atomic E-state index is 0.899. The number of hydrogen-bond acceptors (Lipinski definition) is 45. The Balaban J connectivity index is 1.06. The molecule has 1 unspecified atom stereocenters. The molecule has 0 bridgehead atoms. The molecule has 9 saturated heterocycles. The molecule has 107 heavy (non-hydrogen) atoms. The van der Waals surface area contributed by atoms with Crippen molar-refractivity contribution in [3.05, 3.63) is 0 Å². The van der Waals surface area contributed by atoms with Crippen molar-refractivity contribution in [3.63, 3.8) is 0 Å². The Bertz CT molecular complexity index is 2870. The topological polar surface area (TPSA) is 775 Å². The van der Waals surface area contributed by atoms with E-state index in [1.54, 1.807) is 0 Å². The molecule has 9 aliphatic heterocycles. The van der Waals surface area contributed by atoms with Gasteiger partial charge in [0.1, 0.15) is 201 Å². The first kappa shape index (κ1) is 87.2. The minimum Gasteiger partial charge on any atom is -0.479 e. The molecule has 0 saturated carbocycles. The Hall–Kier alpha value is -3.76. The standard InChI is InChI=1S/C58H94N2O47/c1-10-21(69)26(74)32(80)52(91-10)107-47-46(106-57-37(85)43(25(73)16(7-64)95-57)103-55-34(82)28(76)30(78)45(105-55)49(88)89)39(18(9-66)97-58(47)101-40-19(59-11(2)67)50(90)92-13(4-61)22(40)70)99-53-35(83)31(79)38(17(8-65)96-53)98-51-20(60-12(3)68)41(23(71)14(5-62)93-51)100-56-36(84)42(24(72)15(6-63)94-56)102-54-33(81)27(75)29(77)44(104-54)48(86)87/h10,13-47,50-58,61-66,69-85,90H,4-9H2,1-3H3,(H,59,67)(H,60,68)(H,86,87)(H,88,89)/t10-,13+,14+,15+,16+,17+,18+,19+,20+,21+,22-,23-,24-,25-,26+,27-,28-,29-,30-,31+,32-,33+,34+,35+,36+,37+,38-,39-,40+,41+,42-,43-,44-,45-,46-,47+,50?,51+,52-,53-,54+,55+,56-,57-,58-/m0/s1. The lowest BCUT2D eigenvalue weighted by molar-refractivity contribution is -0.420. The second-order valence-corrected chi connectivity index (χ2v) is 26.7. The summed E-state index contributed by atoms with van der Waals surface area (Å²) in [5.74, 6) is -5.71. The van der Waals surface area contributed by atoms with E-state index >= 15 is 0 Å². The van der Waals surface area contributed by atoms with E-state index < -0.39 is 340 Å². The number of nitrogens with one attached hydrogen (secondary N) is 2. The largest absolute Gasteiger partial charge is 0.479 e. The van der Waals surface area contributed by atoms with Crippen LogP contribution in [0.15, 0.2) is 0 Å². The van der Waals surface area contributed by atoms with E-state index in [4.69, 9.17) is 80.5 Å². The van der Waals surface area contributed by atoms with Crippen LogP contribution in [-0.2, 0) is 99.7 Å². The predicted octanol–water partition coefficient (Wildman–Crippen LogP) is -19.1. The van der Waals surface area contributed by atoms with Gasteiger partial charge in [0, 0.05) is 13.8 Å². The maximum Gasteiger partial charge on any atom is 0.335 e. The van der Waals surface area contributed by atoms with Crippen molar-refractivity contribution in [1.29, 1.82) is 0 Å². The van der Waals surface area contributed by atoms with Gasteiger partial charge in [-0.1, -0.05) is 0 Å². The summed E-state index contributed by atoms with van der Waals surface area (Å²) >= 11 is 0. The monoisotopic (exact) mass is 1570 g/mol. The number of hydrogen-bond donors (Lipinski definition) is 28. The molecule has 0 radical (unpaired) electrons. The van der Waals surface area contributed by atoms with Gasteiger partial charge in [-0.05, 0) is 6.92 Å². The molecule has 49 nitrogen and oxygen atoms in total. The molecule has 0 aromatic heterocycles. The Morgan fingerprint density at radius 2 is 0.570 bits per heavy atom. The van der Waals surface area contributed by atoms with Crippen molar-refractivity contribution < 1.29 is 232 Å². The SMILES string of the molecule is CC(=O)N[C@H]1[C@@H](O[C@@H]2[C@H](O)[C@@H](O)[C@H](O[C@@H]3[C@H](O[C@@H]4O[C@H](CO)[C@H](O)[C@H](O[C@@H]5O[C@H](C(=O)O)[C@@H](O)[C@H](O)[C@H]5O)[C@H]4O)[C@@H](O[C@@H]4O[C@@H](C)[C@@H](O)[C@@H](O)[C@@H]4O)[C@H](O[C@H]4[C@@H](O)[C@@H](CO)OC(O)[C@@H]4NC(C)=O)O[C@@H]3CO)O[C@@H]2CO)O[C@H](CO)[C@H](O)[C@@H]1O[C@@H]1O[C@H](CO)[C@H](O)[C@H](O[C@@H]2O[C@H](C(=O)O)[C@@H](O)[C@H](O)[C@H]2O)[C@H]1O. The molecule has 0 aliphatic carbocycles. The van der Waals surface area contributed by atoms with E-state index in [9.17, 15) is 152 Å². The quantitative estimate of drug-likeness (QED) is 0.0382. The minimum atomic E-state index is -2.60. The molecule has 0 aromatic carbocycles. The fraction of sp³-hybridized carbons (Fsp3) is 0.931. The van der Waals surface area contributed by atoms with Crippen LogP contribution in [0.2, 0.25) is 0 Å². The number of aliphatic carboxylic acids is 2. The summed E-state index contributed by atoms with van der Waals surface area (Å²) in [6.45, 7) is -4.30. The molecule has 618 valence electrons. The summed E-state index contributed by atoms with van der Waals surface area (Å²) in [5.41, 5.74) is 0. The molecule has 49 heteroatoms. The van der Waals surface area contributed by atoms with Crippen molar-refractivity contribution in [2.24, 2.45) is 0 Å². The summed E-state index contributed by atoms with van der Waals surface area (Å²) in [6, 6.07) is -3.86. The number of ether oxygens (including phenoxy) is 17. The average molecular weight is 1570 g/mol. The highest BCUT2D eigenvalue weighted by Gasteiger charge is 2.62. The Morgan fingerprint density at radius 1 is 0.271 bits per heavy atom. The van der Waals surface area contributed by atoms with Crippen molar-refractivity contribution in [2.45, 2.75) is 297 Å². The fourth-order valence-electron chi connectivity index (χ4n) is 13.6. The second kappa shape index (κ2) is 37.0. The van der Waals surface area contributed by atoms with Crippen molar-refractivity contribution in [3.8, 4) is 0 Å². The van der Waals surface area contributed by atoms with Gasteiger partial charge in [-0.25, -0.2) is 9.59 Å². The van der Waals surface area contributed by atoms with Crippen LogP contribution in [0.3, 0.4) is 0 Å². The lowest BCUT2D eigenvalue weighted by Gasteiger charge is -2.53. The zero-order valence-electron chi connectivity index (χ0n) is 56.4. The van der Waals surface area contributed by atoms with E-state index in [1.165, 1.54) is 6.92 Å². The number of aliphatic hydroxyl groups is 24. The van der Waals surface area contributed by atoms with Crippen LogP contribution >= 0.6 is 0 Å². The Kier molecular flexibility index (Phi) is 30.2. The third kappa shape index (κ3) is 18.4. The number of amides is 2. The van der Waals surface area contributed by atoms with Crippen molar-refractivity contribution in [1.82, 2.24) is 10.6 Å². The molecule has 0 spiro atoms. The van der Waals surface area contributed by atoms with Gasteiger partial charge in [-0.15, -0.1) is 0 Å². The number of rotatable bonds is 26. The number of aliphatic hydroxyl groups excluding tert-OH is 24. The van der Waals surface area contributed by atoms with Crippen LogP contribution in [-0.4, -0.2) is 472 Å². The molecular weight excluding hydrogens is 1480 g/mol. The third-order valence-corrected chi connectivity index (χ3v) is 19.5. The molecule has 0 aromatic rings. The molecule has 9 fully saturated rings. The van der Waals surface area contributed by atoms with E-state index in [1.807, 2.05) is 0 Å². The van der Waals surface area contributed by atoms with Gasteiger partial charge >= 0.3 is 11.9 Å². The lowest BCUT2D eigenvalue weighted by atomic mass is 9.93. The maximum absolute atomic E-state index is 13.1. The van der Waals surface area contributed by atoms with E-state index in [2.05, 4.69) is 10.6 Å². The van der Waals surface area contributed by atoms with Crippen LogP contribution in [0.1, 0.15) is 20.8 Å². The Labute approximate surface area is 602 Å². The molecule has 9 rings (SSSR count). The number of carboxylic acid groups (broad SMARTS) is 2. The van der Waals surface area contributed by atoms with Gasteiger partial charge in [0.05, 0.1) is 45.7 Å². The highest BCUT2D eigenvalue weighted by atomic mass is 16.8. The van der Waals surface area contributed by atoms with E-state index in [0.29, 0.717) is 0 Å². The van der Waals surface area contributed by atoms with Crippen molar-refractivity contribution >= 4 is 23.8 Å². The lowest BCUT2D eigenvalue weighted by Crippen LogP contribution is -2.71. The molecular formula is C58H94N2O47. The van der Waals surface area contributed by atoms with E-state index in [0.717, 1.165) is 13.8 Å². The normalized spacial score (nSPS) is 50.7. The number of carbonyl (C=O) groups is 4. The molecule has 9 heterocycles. The number of carboxylic acids is 2. The smallest absolute Gasteiger partial charge is 0.335 e. The summed E-state index contributed by atoms with van der Waals surface area (Å²) in [5, 5.41) is 291. The van der Waals surface area contributed by atoms with Crippen LogP contribution in [0.4, 0.5) is 0 Å². The van der Waals surface area contributed by atoms with Gasteiger partial charge < -0.3 is 224 Å². The second-order valence-electron chi connectivity index (χ2n) is 26.7. The molecule has 2 amide bonds. The summed E-state index contributed by atoms with van der Waals surface area (Å²) in [7, 11) is 0. The van der Waals surface area contributed by atoms with Gasteiger partial charge in [0.25, 0.3) is 0 Å². The molecule has 28 N–H and O–H groups in total.